The number of rotatable bonds is 5. The summed E-state index contributed by atoms with van der Waals surface area (Å²) in [5, 5.41) is 9.17. The number of hydrogen-bond donors (Lipinski definition) is 1. The number of hydrogen-bond acceptors (Lipinski definition) is 3. The van der Waals surface area contributed by atoms with Gasteiger partial charge in [-0.05, 0) is 31.9 Å². The lowest BCUT2D eigenvalue weighted by atomic mass is 10.1. The molecule has 0 saturated carbocycles. The Labute approximate surface area is 111 Å². The fraction of sp³-hybridized carbons (Fsp3) is 0.500. The second-order valence-corrected chi connectivity index (χ2v) is 4.61. The van der Waals surface area contributed by atoms with E-state index in [0.29, 0.717) is 13.1 Å². The van der Waals surface area contributed by atoms with Gasteiger partial charge in [0, 0.05) is 19.7 Å². The van der Waals surface area contributed by atoms with Crippen LogP contribution in [0.5, 0.6) is 0 Å². The van der Waals surface area contributed by atoms with Crippen LogP contribution in [0.2, 0.25) is 0 Å². The molecule has 0 radical (unpaired) electrons. The molecule has 104 valence electrons. The molecule has 1 aromatic rings. The molecule has 0 amide bonds. The Bertz CT molecular complexity index is 458. The molecule has 1 aromatic carbocycles. The van der Waals surface area contributed by atoms with E-state index in [2.05, 4.69) is 0 Å². The smallest absolute Gasteiger partial charge is 0.337 e. The molecule has 2 rings (SSSR count). The van der Waals surface area contributed by atoms with Crippen LogP contribution in [-0.4, -0.2) is 36.9 Å². The molecule has 0 aliphatic carbocycles. The molecular weight excluding hydrogens is 249 g/mol. The minimum Gasteiger partial charge on any atom is -0.478 e. The Kier molecular flexibility index (Phi) is 4.37. The van der Waals surface area contributed by atoms with E-state index in [1.807, 2.05) is 6.92 Å². The highest BCUT2D eigenvalue weighted by molar-refractivity contribution is 5.94. The van der Waals surface area contributed by atoms with Gasteiger partial charge < -0.3 is 14.7 Å². The van der Waals surface area contributed by atoms with Crippen LogP contribution in [0.15, 0.2) is 18.2 Å². The first-order chi connectivity index (χ1) is 9.13. The molecule has 0 aromatic heterocycles. The average Bonchev–Trinajstić information content (AvgIpc) is 2.89. The molecule has 0 spiro atoms. The lowest BCUT2D eigenvalue weighted by Crippen LogP contribution is -2.33. The second kappa shape index (κ2) is 6.02. The van der Waals surface area contributed by atoms with Crippen LogP contribution in [0, 0.1) is 5.82 Å². The molecule has 1 aliphatic rings. The Morgan fingerprint density at radius 2 is 2.37 bits per heavy atom. The zero-order valence-electron chi connectivity index (χ0n) is 10.9. The van der Waals surface area contributed by atoms with Gasteiger partial charge in [-0.3, -0.25) is 0 Å². The van der Waals surface area contributed by atoms with Gasteiger partial charge in [-0.1, -0.05) is 6.07 Å². The summed E-state index contributed by atoms with van der Waals surface area (Å²) in [4.78, 5) is 13.0. The molecule has 1 aliphatic heterocycles. The lowest BCUT2D eigenvalue weighted by molar-refractivity contribution is 0.0696. The summed E-state index contributed by atoms with van der Waals surface area (Å²) in [5.41, 5.74) is 0.160. The van der Waals surface area contributed by atoms with E-state index in [9.17, 15) is 14.3 Å². The molecule has 1 saturated heterocycles. The minimum absolute atomic E-state index is 0.000142. The van der Waals surface area contributed by atoms with E-state index in [1.165, 1.54) is 18.2 Å². The third kappa shape index (κ3) is 3.04. The van der Waals surface area contributed by atoms with Crippen molar-refractivity contribution in [2.45, 2.75) is 25.9 Å². The SMILES string of the molecule is CCN(CC1CCCO1)c1c(F)cccc1C(=O)O. The third-order valence-electron chi connectivity index (χ3n) is 3.36. The van der Waals surface area contributed by atoms with Crippen molar-refractivity contribution in [2.24, 2.45) is 0 Å². The van der Waals surface area contributed by atoms with Crippen LogP contribution < -0.4 is 4.90 Å². The number of likely N-dealkylation sites (N-methyl/N-ethyl adjacent to an activating group) is 1. The van der Waals surface area contributed by atoms with Crippen LogP contribution in [0.1, 0.15) is 30.1 Å². The van der Waals surface area contributed by atoms with Crippen molar-refractivity contribution >= 4 is 11.7 Å². The first kappa shape index (κ1) is 13.8. The molecule has 1 heterocycles. The number of carboxylic acid groups (broad SMARTS) is 1. The maximum Gasteiger partial charge on any atom is 0.337 e. The van der Waals surface area contributed by atoms with Crippen LogP contribution in [-0.2, 0) is 4.74 Å². The largest absolute Gasteiger partial charge is 0.478 e. The number of benzene rings is 1. The number of carboxylic acids is 1. The fourth-order valence-electron chi connectivity index (χ4n) is 2.42. The van der Waals surface area contributed by atoms with Gasteiger partial charge in [0.15, 0.2) is 0 Å². The summed E-state index contributed by atoms with van der Waals surface area (Å²) < 4.78 is 19.5. The molecule has 1 atom stereocenters. The van der Waals surface area contributed by atoms with Gasteiger partial charge in [-0.2, -0.15) is 0 Å². The van der Waals surface area contributed by atoms with Crippen molar-refractivity contribution in [1.82, 2.24) is 0 Å². The summed E-state index contributed by atoms with van der Waals surface area (Å²) in [6, 6.07) is 4.14. The Morgan fingerprint density at radius 3 is 2.95 bits per heavy atom. The van der Waals surface area contributed by atoms with Crippen molar-refractivity contribution in [1.29, 1.82) is 0 Å². The topological polar surface area (TPSA) is 49.8 Å². The minimum atomic E-state index is -1.11. The van der Waals surface area contributed by atoms with Gasteiger partial charge in [0.05, 0.1) is 17.4 Å². The van der Waals surface area contributed by atoms with Gasteiger partial charge in [-0.15, -0.1) is 0 Å². The summed E-state index contributed by atoms with van der Waals surface area (Å²) in [7, 11) is 0. The Balaban J connectivity index is 2.28. The van der Waals surface area contributed by atoms with Gasteiger partial charge in [-0.25, -0.2) is 9.18 Å². The highest BCUT2D eigenvalue weighted by Gasteiger charge is 2.24. The van der Waals surface area contributed by atoms with Crippen molar-refractivity contribution in [3.63, 3.8) is 0 Å². The van der Waals surface area contributed by atoms with E-state index < -0.39 is 11.8 Å². The van der Waals surface area contributed by atoms with Gasteiger partial charge >= 0.3 is 5.97 Å². The van der Waals surface area contributed by atoms with Gasteiger partial charge in [0.25, 0.3) is 0 Å². The molecule has 1 N–H and O–H groups in total. The van der Waals surface area contributed by atoms with Crippen molar-refractivity contribution in [3.05, 3.63) is 29.6 Å². The highest BCUT2D eigenvalue weighted by Crippen LogP contribution is 2.26. The second-order valence-electron chi connectivity index (χ2n) is 4.61. The quantitative estimate of drug-likeness (QED) is 0.890. The standard InChI is InChI=1S/C14H18FNO3/c1-2-16(9-10-5-4-8-19-10)13-11(14(17)18)6-3-7-12(13)15/h3,6-7,10H,2,4-5,8-9H2,1H3,(H,17,18). The van der Waals surface area contributed by atoms with E-state index in [0.717, 1.165) is 19.4 Å². The molecule has 4 nitrogen and oxygen atoms in total. The fourth-order valence-corrected chi connectivity index (χ4v) is 2.42. The number of carbonyl (C=O) groups is 1. The van der Waals surface area contributed by atoms with Crippen LogP contribution >= 0.6 is 0 Å². The third-order valence-corrected chi connectivity index (χ3v) is 3.36. The predicted molar refractivity (Wildman–Crippen MR) is 70.2 cm³/mol. The first-order valence-corrected chi connectivity index (χ1v) is 6.51. The van der Waals surface area contributed by atoms with E-state index in [4.69, 9.17) is 4.74 Å². The Hall–Kier alpha value is -1.62. The van der Waals surface area contributed by atoms with E-state index in [1.54, 1.807) is 4.90 Å². The summed E-state index contributed by atoms with van der Waals surface area (Å²) in [5.74, 6) is -1.61. The Morgan fingerprint density at radius 1 is 1.58 bits per heavy atom. The summed E-state index contributed by atoms with van der Waals surface area (Å²) >= 11 is 0. The maximum atomic E-state index is 14.0. The maximum absolute atomic E-state index is 14.0. The van der Waals surface area contributed by atoms with Crippen LogP contribution in [0.3, 0.4) is 0 Å². The monoisotopic (exact) mass is 267 g/mol. The van der Waals surface area contributed by atoms with E-state index in [-0.39, 0.29) is 17.4 Å². The zero-order chi connectivity index (χ0) is 13.8. The first-order valence-electron chi connectivity index (χ1n) is 6.51. The predicted octanol–water partition coefficient (Wildman–Crippen LogP) is 2.53. The number of nitrogens with zero attached hydrogens (tertiary/aromatic N) is 1. The molecular formula is C14H18FNO3. The summed E-state index contributed by atoms with van der Waals surface area (Å²) in [6.45, 7) is 3.68. The van der Waals surface area contributed by atoms with Crippen LogP contribution in [0.25, 0.3) is 0 Å². The lowest BCUT2D eigenvalue weighted by Gasteiger charge is -2.27. The van der Waals surface area contributed by atoms with Gasteiger partial charge in [0.1, 0.15) is 5.82 Å². The zero-order valence-corrected chi connectivity index (χ0v) is 10.9. The molecule has 1 fully saturated rings. The molecule has 19 heavy (non-hydrogen) atoms. The number of anilines is 1. The normalized spacial score (nSPS) is 18.5. The number of para-hydroxylation sites is 1. The number of ether oxygens (including phenoxy) is 1. The molecule has 1 unspecified atom stereocenters. The average molecular weight is 267 g/mol. The van der Waals surface area contributed by atoms with E-state index >= 15 is 0 Å². The number of halogens is 1. The summed E-state index contributed by atoms with van der Waals surface area (Å²) in [6.07, 6.45) is 2.00. The number of aromatic carboxylic acids is 1. The molecule has 5 heteroatoms. The van der Waals surface area contributed by atoms with Gasteiger partial charge in [0.2, 0.25) is 0 Å². The van der Waals surface area contributed by atoms with Crippen molar-refractivity contribution in [3.8, 4) is 0 Å². The van der Waals surface area contributed by atoms with Crippen LogP contribution in [0.4, 0.5) is 10.1 Å². The highest BCUT2D eigenvalue weighted by atomic mass is 19.1. The van der Waals surface area contributed by atoms with Crippen molar-refractivity contribution in [2.75, 3.05) is 24.6 Å². The van der Waals surface area contributed by atoms with Crippen molar-refractivity contribution < 1.29 is 19.0 Å². The molecule has 0 bridgehead atoms.